The quantitative estimate of drug-likeness (QED) is 0.842. The van der Waals surface area contributed by atoms with Crippen LogP contribution < -0.4 is 10.6 Å². The van der Waals surface area contributed by atoms with Crippen LogP contribution in [-0.4, -0.2) is 42.4 Å². The van der Waals surface area contributed by atoms with Gasteiger partial charge in [0.05, 0.1) is 6.54 Å². The Morgan fingerprint density at radius 3 is 2.67 bits per heavy atom. The lowest BCUT2D eigenvalue weighted by molar-refractivity contribution is -0.130. The van der Waals surface area contributed by atoms with Gasteiger partial charge < -0.3 is 15.5 Å². The van der Waals surface area contributed by atoms with Gasteiger partial charge in [-0.1, -0.05) is 19.9 Å². The van der Waals surface area contributed by atoms with Crippen molar-refractivity contribution in [1.29, 1.82) is 0 Å². The Hall–Kier alpha value is -2.04. The van der Waals surface area contributed by atoms with Crippen LogP contribution in [0, 0.1) is 5.92 Å². The molecule has 1 aliphatic heterocycles. The molecule has 0 radical (unpaired) electrons. The first-order valence-corrected chi connectivity index (χ1v) is 8.92. The highest BCUT2D eigenvalue weighted by Crippen LogP contribution is 2.16. The van der Waals surface area contributed by atoms with Crippen LogP contribution in [0.1, 0.15) is 50.4 Å². The summed E-state index contributed by atoms with van der Waals surface area (Å²) in [5.41, 5.74) is 1.41. The summed E-state index contributed by atoms with van der Waals surface area (Å²) in [6.07, 6.45) is 3.06. The van der Waals surface area contributed by atoms with Crippen molar-refractivity contribution in [3.63, 3.8) is 0 Å². The van der Waals surface area contributed by atoms with Gasteiger partial charge in [-0.2, -0.15) is 0 Å². The molecular weight excluding hydrogens is 302 g/mol. The number of carbonyl (C=O) groups excluding carboxylic acids is 2. The summed E-state index contributed by atoms with van der Waals surface area (Å²) in [6, 6.07) is 7.45. The zero-order valence-corrected chi connectivity index (χ0v) is 15.0. The number of benzene rings is 1. The number of piperidine rings is 1. The number of carbonyl (C=O) groups is 2. The van der Waals surface area contributed by atoms with Gasteiger partial charge in [0.2, 0.25) is 5.91 Å². The molecule has 1 heterocycles. The lowest BCUT2D eigenvalue weighted by atomic mass is 9.99. The van der Waals surface area contributed by atoms with Crippen LogP contribution in [0.3, 0.4) is 0 Å². The Balaban J connectivity index is 1.87. The molecular formula is C19H29N3O2. The highest BCUT2D eigenvalue weighted by molar-refractivity contribution is 5.95. The Bertz CT molecular complexity index is 565. The van der Waals surface area contributed by atoms with Crippen molar-refractivity contribution >= 4 is 17.5 Å². The van der Waals surface area contributed by atoms with Gasteiger partial charge in [-0.05, 0) is 50.3 Å². The molecule has 0 spiro atoms. The van der Waals surface area contributed by atoms with Gasteiger partial charge in [-0.25, -0.2) is 0 Å². The van der Waals surface area contributed by atoms with Crippen LogP contribution in [0.25, 0.3) is 0 Å². The van der Waals surface area contributed by atoms with Crippen LogP contribution >= 0.6 is 0 Å². The largest absolute Gasteiger partial charge is 0.376 e. The standard InChI is InChI=1S/C19H29N3O2/c1-4-15(3)21-19(24)16-6-5-7-17(12-16)20-13-18(23)22-10-8-14(2)9-11-22/h5-7,12,14-15,20H,4,8-11,13H2,1-3H3,(H,21,24). The fourth-order valence-electron chi connectivity index (χ4n) is 2.73. The fourth-order valence-corrected chi connectivity index (χ4v) is 2.73. The van der Waals surface area contributed by atoms with E-state index < -0.39 is 0 Å². The molecule has 2 amide bonds. The van der Waals surface area contributed by atoms with Crippen molar-refractivity contribution in [2.24, 2.45) is 5.92 Å². The number of hydrogen-bond acceptors (Lipinski definition) is 3. The minimum atomic E-state index is -0.0793. The van der Waals surface area contributed by atoms with E-state index in [0.29, 0.717) is 11.5 Å². The van der Waals surface area contributed by atoms with Gasteiger partial charge in [-0.15, -0.1) is 0 Å². The maximum absolute atomic E-state index is 12.3. The topological polar surface area (TPSA) is 61.4 Å². The molecule has 5 heteroatoms. The van der Waals surface area contributed by atoms with Crippen molar-refractivity contribution in [3.8, 4) is 0 Å². The third kappa shape index (κ3) is 5.25. The van der Waals surface area contributed by atoms with Crippen LogP contribution in [-0.2, 0) is 4.79 Å². The highest BCUT2D eigenvalue weighted by Gasteiger charge is 2.19. The minimum Gasteiger partial charge on any atom is -0.376 e. The number of nitrogens with one attached hydrogen (secondary N) is 2. The van der Waals surface area contributed by atoms with Crippen molar-refractivity contribution in [1.82, 2.24) is 10.2 Å². The normalized spacial score (nSPS) is 16.5. The van der Waals surface area contributed by atoms with E-state index >= 15 is 0 Å². The molecule has 1 aliphatic rings. The SMILES string of the molecule is CCC(C)NC(=O)c1cccc(NCC(=O)N2CCC(C)CC2)c1. The van der Waals surface area contributed by atoms with Crippen LogP contribution in [0.15, 0.2) is 24.3 Å². The first-order chi connectivity index (χ1) is 11.5. The van der Waals surface area contributed by atoms with Crippen LogP contribution in [0.2, 0.25) is 0 Å². The molecule has 1 fully saturated rings. The van der Waals surface area contributed by atoms with Crippen molar-refractivity contribution < 1.29 is 9.59 Å². The van der Waals surface area contributed by atoms with E-state index in [2.05, 4.69) is 17.6 Å². The molecule has 1 atom stereocenters. The Morgan fingerprint density at radius 2 is 2.00 bits per heavy atom. The van der Waals surface area contributed by atoms with Gasteiger partial charge in [0, 0.05) is 30.4 Å². The predicted octanol–water partition coefficient (Wildman–Crippen LogP) is 2.89. The lowest BCUT2D eigenvalue weighted by Crippen LogP contribution is -2.40. The first-order valence-electron chi connectivity index (χ1n) is 8.92. The fraction of sp³-hybridized carbons (Fsp3) is 0.579. The summed E-state index contributed by atoms with van der Waals surface area (Å²) in [5.74, 6) is 0.753. The highest BCUT2D eigenvalue weighted by atomic mass is 16.2. The molecule has 0 saturated carbocycles. The molecule has 0 aliphatic carbocycles. The number of hydrogen-bond donors (Lipinski definition) is 2. The first kappa shape index (κ1) is 18.3. The third-order valence-electron chi connectivity index (χ3n) is 4.69. The van der Waals surface area contributed by atoms with Gasteiger partial charge >= 0.3 is 0 Å². The number of nitrogens with zero attached hydrogens (tertiary/aromatic N) is 1. The summed E-state index contributed by atoms with van der Waals surface area (Å²) in [6.45, 7) is 8.22. The Labute approximate surface area is 144 Å². The maximum atomic E-state index is 12.3. The Morgan fingerprint density at radius 1 is 1.29 bits per heavy atom. The van der Waals surface area contributed by atoms with Gasteiger partial charge in [0.1, 0.15) is 0 Å². The number of likely N-dealkylation sites (tertiary alicyclic amines) is 1. The maximum Gasteiger partial charge on any atom is 0.251 e. The second-order valence-corrected chi connectivity index (χ2v) is 6.78. The summed E-state index contributed by atoms with van der Waals surface area (Å²) in [7, 11) is 0. The van der Waals surface area contributed by atoms with Gasteiger partial charge in [0.25, 0.3) is 5.91 Å². The monoisotopic (exact) mass is 331 g/mol. The second-order valence-electron chi connectivity index (χ2n) is 6.78. The van der Waals surface area contributed by atoms with Crippen molar-refractivity contribution in [3.05, 3.63) is 29.8 Å². The molecule has 1 unspecified atom stereocenters. The smallest absolute Gasteiger partial charge is 0.251 e. The molecule has 5 nitrogen and oxygen atoms in total. The lowest BCUT2D eigenvalue weighted by Gasteiger charge is -2.30. The van der Waals surface area contributed by atoms with E-state index in [1.54, 1.807) is 12.1 Å². The summed E-state index contributed by atoms with van der Waals surface area (Å²) < 4.78 is 0. The Kier molecular flexibility index (Phi) is 6.64. The average Bonchev–Trinajstić information content (AvgIpc) is 2.60. The van der Waals surface area contributed by atoms with Crippen molar-refractivity contribution in [2.75, 3.05) is 25.0 Å². The molecule has 0 bridgehead atoms. The molecule has 2 N–H and O–H groups in total. The molecule has 1 aromatic carbocycles. The van der Waals surface area contributed by atoms with Gasteiger partial charge in [-0.3, -0.25) is 9.59 Å². The number of rotatable bonds is 6. The molecule has 0 aromatic heterocycles. The van der Waals surface area contributed by atoms with Crippen molar-refractivity contribution in [2.45, 2.75) is 46.1 Å². The number of amides is 2. The summed E-state index contributed by atoms with van der Waals surface area (Å²) in [4.78, 5) is 26.4. The molecule has 2 rings (SSSR count). The van der Waals surface area contributed by atoms with E-state index in [1.807, 2.05) is 30.9 Å². The third-order valence-corrected chi connectivity index (χ3v) is 4.69. The average molecular weight is 331 g/mol. The predicted molar refractivity (Wildman–Crippen MR) is 97.1 cm³/mol. The second kappa shape index (κ2) is 8.71. The number of anilines is 1. The minimum absolute atomic E-state index is 0.0793. The summed E-state index contributed by atoms with van der Waals surface area (Å²) in [5, 5.41) is 6.10. The van der Waals surface area contributed by atoms with E-state index in [4.69, 9.17) is 0 Å². The molecule has 132 valence electrons. The van der Waals surface area contributed by atoms with E-state index in [0.717, 1.165) is 38.0 Å². The van der Waals surface area contributed by atoms with E-state index in [9.17, 15) is 9.59 Å². The van der Waals surface area contributed by atoms with E-state index in [1.165, 1.54) is 0 Å². The zero-order valence-electron chi connectivity index (χ0n) is 15.0. The molecule has 24 heavy (non-hydrogen) atoms. The van der Waals surface area contributed by atoms with Crippen LogP contribution in [0.5, 0.6) is 0 Å². The molecule has 1 aromatic rings. The van der Waals surface area contributed by atoms with E-state index in [-0.39, 0.29) is 24.4 Å². The summed E-state index contributed by atoms with van der Waals surface area (Å²) >= 11 is 0. The molecule has 1 saturated heterocycles. The van der Waals surface area contributed by atoms with Gasteiger partial charge in [0.15, 0.2) is 0 Å². The zero-order chi connectivity index (χ0) is 17.5. The van der Waals surface area contributed by atoms with Crippen LogP contribution in [0.4, 0.5) is 5.69 Å².